The Balaban J connectivity index is 2.46. The van der Waals surface area contributed by atoms with Gasteiger partial charge in [0.1, 0.15) is 5.69 Å². The third-order valence-electron chi connectivity index (χ3n) is 3.57. The molecular formula is C14H19N3O3. The molecule has 1 atom stereocenters. The van der Waals surface area contributed by atoms with Gasteiger partial charge < -0.3 is 5.11 Å². The summed E-state index contributed by atoms with van der Waals surface area (Å²) in [5.74, 6) is -0.512. The number of aromatic carboxylic acids is 1. The van der Waals surface area contributed by atoms with Crippen molar-refractivity contribution < 1.29 is 14.7 Å². The fourth-order valence-corrected chi connectivity index (χ4v) is 1.82. The molecule has 0 aliphatic carbocycles. The molecule has 1 aromatic heterocycles. The number of hydrogen-bond donors (Lipinski definition) is 2. The number of amidine groups is 1. The molecule has 0 saturated heterocycles. The van der Waals surface area contributed by atoms with Gasteiger partial charge in [-0.15, -0.1) is 0 Å². The number of carboxylic acid groups (broad SMARTS) is 1. The van der Waals surface area contributed by atoms with Crippen molar-refractivity contribution in [3.63, 3.8) is 0 Å². The highest BCUT2D eigenvalue weighted by Gasteiger charge is 2.36. The van der Waals surface area contributed by atoms with E-state index in [1.807, 2.05) is 27.7 Å². The lowest BCUT2D eigenvalue weighted by molar-refractivity contribution is -0.0710. The Hall–Kier alpha value is -1.95. The molecule has 0 bridgehead atoms. The Kier molecular flexibility index (Phi) is 3.76. The van der Waals surface area contributed by atoms with Crippen LogP contribution in [0.5, 0.6) is 0 Å². The molecule has 20 heavy (non-hydrogen) atoms. The second-order valence-corrected chi connectivity index (χ2v) is 5.27. The quantitative estimate of drug-likeness (QED) is 0.879. The molecule has 1 aromatic rings. The number of aromatic nitrogens is 1. The molecule has 1 aliphatic rings. The highest BCUT2D eigenvalue weighted by molar-refractivity contribution is 6.06. The molecule has 6 nitrogen and oxygen atoms in total. The summed E-state index contributed by atoms with van der Waals surface area (Å²) in [4.78, 5) is 25.5. The van der Waals surface area contributed by atoms with Gasteiger partial charge in [-0.2, -0.15) is 0 Å². The number of pyridine rings is 1. The number of nitrogens with one attached hydrogen (secondary N) is 1. The van der Waals surface area contributed by atoms with Gasteiger partial charge in [-0.05, 0) is 25.0 Å². The Morgan fingerprint density at radius 3 is 2.75 bits per heavy atom. The first-order valence-electron chi connectivity index (χ1n) is 6.64. The molecule has 2 N–H and O–H groups in total. The van der Waals surface area contributed by atoms with Gasteiger partial charge in [0.15, 0.2) is 11.6 Å². The van der Waals surface area contributed by atoms with Crippen molar-refractivity contribution in [3.05, 3.63) is 29.1 Å². The number of hydrogen-bond acceptors (Lipinski definition) is 5. The van der Waals surface area contributed by atoms with E-state index in [-0.39, 0.29) is 11.5 Å². The van der Waals surface area contributed by atoms with Gasteiger partial charge in [-0.25, -0.2) is 20.1 Å². The predicted molar refractivity (Wildman–Crippen MR) is 74.6 cm³/mol. The maximum atomic E-state index is 11.4. The fourth-order valence-electron chi connectivity index (χ4n) is 1.82. The lowest BCUT2D eigenvalue weighted by Gasteiger charge is -2.22. The van der Waals surface area contributed by atoms with E-state index in [0.29, 0.717) is 11.5 Å². The molecule has 108 valence electrons. The van der Waals surface area contributed by atoms with E-state index < -0.39 is 11.7 Å². The smallest absolute Gasteiger partial charge is 0.338 e. The SMILES string of the molecule is CCc1cnc(C2=NC(C)(C(C)C)ON2)c(C(=O)O)c1. The van der Waals surface area contributed by atoms with Crippen LogP contribution in [0, 0.1) is 5.92 Å². The molecular weight excluding hydrogens is 258 g/mol. The second kappa shape index (κ2) is 5.20. The number of aliphatic imine (C=N–C) groups is 1. The Labute approximate surface area is 117 Å². The van der Waals surface area contributed by atoms with Crippen LogP contribution in [-0.2, 0) is 11.3 Å². The molecule has 0 radical (unpaired) electrons. The molecule has 0 spiro atoms. The van der Waals surface area contributed by atoms with Gasteiger partial charge in [0.25, 0.3) is 0 Å². The third kappa shape index (κ3) is 2.51. The number of nitrogens with zero attached hydrogens (tertiary/aromatic N) is 2. The van der Waals surface area contributed by atoms with Crippen LogP contribution in [0.4, 0.5) is 0 Å². The molecule has 2 rings (SSSR count). The lowest BCUT2D eigenvalue weighted by atomic mass is 10.0. The predicted octanol–water partition coefficient (Wildman–Crippen LogP) is 2.00. The van der Waals surface area contributed by atoms with E-state index in [4.69, 9.17) is 4.84 Å². The number of aryl methyl sites for hydroxylation is 1. The van der Waals surface area contributed by atoms with E-state index in [2.05, 4.69) is 15.5 Å². The lowest BCUT2D eigenvalue weighted by Crippen LogP contribution is -2.32. The first kappa shape index (κ1) is 14.5. The van der Waals surface area contributed by atoms with Crippen LogP contribution < -0.4 is 5.48 Å². The molecule has 0 amide bonds. The van der Waals surface area contributed by atoms with Crippen molar-refractivity contribution >= 4 is 11.8 Å². The highest BCUT2D eigenvalue weighted by atomic mass is 16.7. The van der Waals surface area contributed by atoms with Gasteiger partial charge in [-0.3, -0.25) is 4.98 Å². The van der Waals surface area contributed by atoms with Crippen LogP contribution >= 0.6 is 0 Å². The van der Waals surface area contributed by atoms with E-state index in [9.17, 15) is 9.90 Å². The number of carbonyl (C=O) groups is 1. The fraction of sp³-hybridized carbons (Fsp3) is 0.500. The van der Waals surface area contributed by atoms with Gasteiger partial charge in [0, 0.05) is 12.1 Å². The summed E-state index contributed by atoms with van der Waals surface area (Å²) in [6.45, 7) is 7.77. The molecule has 1 aliphatic heterocycles. The number of rotatable bonds is 4. The average molecular weight is 277 g/mol. The summed E-state index contributed by atoms with van der Waals surface area (Å²) in [7, 11) is 0. The first-order chi connectivity index (χ1) is 9.37. The number of hydroxylamine groups is 1. The van der Waals surface area contributed by atoms with Crippen molar-refractivity contribution in [2.45, 2.75) is 39.8 Å². The summed E-state index contributed by atoms with van der Waals surface area (Å²) >= 11 is 0. The minimum atomic E-state index is -1.02. The van der Waals surface area contributed by atoms with Crippen LogP contribution in [0.3, 0.4) is 0 Å². The minimum absolute atomic E-state index is 0.132. The normalized spacial score (nSPS) is 21.8. The van der Waals surface area contributed by atoms with Crippen molar-refractivity contribution in [1.82, 2.24) is 10.5 Å². The van der Waals surface area contributed by atoms with Crippen LogP contribution in [0.25, 0.3) is 0 Å². The topological polar surface area (TPSA) is 83.8 Å². The minimum Gasteiger partial charge on any atom is -0.478 e. The largest absolute Gasteiger partial charge is 0.478 e. The standard InChI is InChI=1S/C14H19N3O3/c1-5-9-6-10(13(18)19)11(15-7-9)12-16-14(4,8(2)3)20-17-12/h6-8H,5H2,1-4H3,(H,16,17)(H,18,19). The van der Waals surface area contributed by atoms with Gasteiger partial charge in [0.05, 0.1) is 5.56 Å². The third-order valence-corrected chi connectivity index (χ3v) is 3.57. The van der Waals surface area contributed by atoms with E-state index in [1.165, 1.54) is 0 Å². The number of carboxylic acids is 1. The van der Waals surface area contributed by atoms with Gasteiger partial charge in [0.2, 0.25) is 0 Å². The Morgan fingerprint density at radius 2 is 2.25 bits per heavy atom. The first-order valence-corrected chi connectivity index (χ1v) is 6.64. The molecule has 2 heterocycles. The summed E-state index contributed by atoms with van der Waals surface area (Å²) in [5, 5.41) is 9.32. The van der Waals surface area contributed by atoms with Crippen LogP contribution in [0.2, 0.25) is 0 Å². The van der Waals surface area contributed by atoms with E-state index in [0.717, 1.165) is 12.0 Å². The summed E-state index contributed by atoms with van der Waals surface area (Å²) in [5.41, 5.74) is 3.30. The van der Waals surface area contributed by atoms with E-state index in [1.54, 1.807) is 12.3 Å². The van der Waals surface area contributed by atoms with Crippen molar-refractivity contribution in [2.75, 3.05) is 0 Å². The van der Waals surface area contributed by atoms with Crippen molar-refractivity contribution in [3.8, 4) is 0 Å². The molecule has 0 saturated carbocycles. The van der Waals surface area contributed by atoms with Gasteiger partial charge in [-0.1, -0.05) is 20.8 Å². The van der Waals surface area contributed by atoms with Gasteiger partial charge >= 0.3 is 5.97 Å². The summed E-state index contributed by atoms with van der Waals surface area (Å²) in [6, 6.07) is 1.62. The zero-order valence-corrected chi connectivity index (χ0v) is 12.1. The van der Waals surface area contributed by atoms with Crippen LogP contribution in [0.15, 0.2) is 17.3 Å². The zero-order chi connectivity index (χ0) is 14.9. The second-order valence-electron chi connectivity index (χ2n) is 5.27. The van der Waals surface area contributed by atoms with Crippen molar-refractivity contribution in [2.24, 2.45) is 10.9 Å². The van der Waals surface area contributed by atoms with E-state index >= 15 is 0 Å². The summed E-state index contributed by atoms with van der Waals surface area (Å²) in [6.07, 6.45) is 2.39. The molecule has 6 heteroatoms. The zero-order valence-electron chi connectivity index (χ0n) is 12.1. The van der Waals surface area contributed by atoms with Crippen molar-refractivity contribution in [1.29, 1.82) is 0 Å². The molecule has 1 unspecified atom stereocenters. The van der Waals surface area contributed by atoms with Crippen LogP contribution in [0.1, 0.15) is 49.3 Å². The molecule has 0 fully saturated rings. The summed E-state index contributed by atoms with van der Waals surface area (Å²) < 4.78 is 0. The highest BCUT2D eigenvalue weighted by Crippen LogP contribution is 2.27. The Morgan fingerprint density at radius 1 is 1.55 bits per heavy atom. The molecule has 0 aromatic carbocycles. The average Bonchev–Trinajstić information content (AvgIpc) is 2.82. The monoisotopic (exact) mass is 277 g/mol. The Bertz CT molecular complexity index is 569. The maximum Gasteiger partial charge on any atom is 0.338 e. The maximum absolute atomic E-state index is 11.4. The van der Waals surface area contributed by atoms with Crippen LogP contribution in [-0.4, -0.2) is 27.6 Å².